The molecule has 1 unspecified atom stereocenters. The zero-order valence-electron chi connectivity index (χ0n) is 15.9. The molecule has 1 aliphatic carbocycles. The van der Waals surface area contributed by atoms with Crippen LogP contribution >= 0.6 is 0 Å². The Balaban J connectivity index is 1.21. The lowest BCUT2D eigenvalue weighted by molar-refractivity contribution is -0.156. The molecule has 3 amide bonds. The standard InChI is InChI=1S/C20H21N5O4/c26-17(13-4-5-13)24-11-20(12-24)15-10-23(7-8-25(15)19(28)29-20)18(27)14-9-22-6-2-1-3-16(22)21-14/h1-3,6,9,13,15H,4-5,7-8,10-12H2. The zero-order valence-corrected chi connectivity index (χ0v) is 15.9. The number of rotatable bonds is 2. The predicted molar refractivity (Wildman–Crippen MR) is 100 cm³/mol. The molecule has 150 valence electrons. The van der Waals surface area contributed by atoms with Crippen molar-refractivity contribution in [2.24, 2.45) is 5.92 Å². The van der Waals surface area contributed by atoms with Gasteiger partial charge in [0.25, 0.3) is 5.91 Å². The second-order valence-electron chi connectivity index (χ2n) is 8.45. The number of amides is 3. The Morgan fingerprint density at radius 1 is 1.14 bits per heavy atom. The Hall–Kier alpha value is -3.10. The van der Waals surface area contributed by atoms with Crippen LogP contribution in [0.2, 0.25) is 0 Å². The van der Waals surface area contributed by atoms with Gasteiger partial charge in [-0.15, -0.1) is 0 Å². The highest BCUT2D eigenvalue weighted by Crippen LogP contribution is 2.42. The number of hydrogen-bond acceptors (Lipinski definition) is 5. The average Bonchev–Trinajstić information content (AvgIpc) is 3.40. The molecule has 9 nitrogen and oxygen atoms in total. The largest absolute Gasteiger partial charge is 0.437 e. The molecule has 0 aromatic carbocycles. The number of nitrogens with zero attached hydrogens (tertiary/aromatic N) is 5. The summed E-state index contributed by atoms with van der Waals surface area (Å²) in [7, 11) is 0. The molecule has 1 atom stereocenters. The van der Waals surface area contributed by atoms with Crippen LogP contribution in [0, 0.1) is 5.92 Å². The topological polar surface area (TPSA) is 87.5 Å². The molecule has 29 heavy (non-hydrogen) atoms. The first-order valence-corrected chi connectivity index (χ1v) is 10.1. The van der Waals surface area contributed by atoms with E-state index in [1.54, 1.807) is 20.9 Å². The maximum absolute atomic E-state index is 13.1. The Morgan fingerprint density at radius 3 is 2.72 bits per heavy atom. The number of fused-ring (bicyclic) bond motifs is 3. The summed E-state index contributed by atoms with van der Waals surface area (Å²) in [4.78, 5) is 47.4. The van der Waals surface area contributed by atoms with Crippen molar-refractivity contribution >= 4 is 23.6 Å². The number of carbonyl (C=O) groups excluding carboxylic acids is 3. The van der Waals surface area contributed by atoms with E-state index in [0.29, 0.717) is 38.4 Å². The summed E-state index contributed by atoms with van der Waals surface area (Å²) < 4.78 is 7.55. The molecule has 9 heteroatoms. The van der Waals surface area contributed by atoms with Gasteiger partial charge in [0.1, 0.15) is 11.3 Å². The van der Waals surface area contributed by atoms with Crippen molar-refractivity contribution in [1.82, 2.24) is 24.1 Å². The molecular formula is C20H21N5O4. The number of hydrogen-bond donors (Lipinski definition) is 0. The molecule has 2 aromatic rings. The second kappa shape index (κ2) is 5.71. The van der Waals surface area contributed by atoms with Gasteiger partial charge in [-0.1, -0.05) is 6.07 Å². The molecule has 4 fully saturated rings. The Bertz CT molecular complexity index is 1010. The van der Waals surface area contributed by atoms with Crippen LogP contribution in [0.4, 0.5) is 4.79 Å². The van der Waals surface area contributed by atoms with Gasteiger partial charge in [0, 0.05) is 37.9 Å². The molecule has 3 aliphatic heterocycles. The summed E-state index contributed by atoms with van der Waals surface area (Å²) >= 11 is 0. The van der Waals surface area contributed by atoms with Gasteiger partial charge in [0.05, 0.1) is 19.1 Å². The van der Waals surface area contributed by atoms with Gasteiger partial charge in [0.2, 0.25) is 5.91 Å². The van der Waals surface area contributed by atoms with E-state index in [4.69, 9.17) is 4.74 Å². The van der Waals surface area contributed by atoms with Crippen molar-refractivity contribution in [2.45, 2.75) is 24.5 Å². The van der Waals surface area contributed by atoms with Gasteiger partial charge in [-0.3, -0.25) is 14.5 Å². The highest BCUT2D eigenvalue weighted by Gasteiger charge is 2.63. The lowest BCUT2D eigenvalue weighted by Gasteiger charge is -2.51. The van der Waals surface area contributed by atoms with E-state index in [0.717, 1.165) is 18.5 Å². The molecule has 6 rings (SSSR count). The fraction of sp³-hybridized carbons (Fsp3) is 0.500. The fourth-order valence-electron chi connectivity index (χ4n) is 4.76. The number of ether oxygens (including phenoxy) is 1. The van der Waals surface area contributed by atoms with Gasteiger partial charge < -0.3 is 18.9 Å². The Kier molecular flexibility index (Phi) is 3.31. The Morgan fingerprint density at radius 2 is 1.97 bits per heavy atom. The van der Waals surface area contributed by atoms with Crippen LogP contribution in [0.15, 0.2) is 30.6 Å². The SMILES string of the molecule is O=C(c1cn2ccccc2n1)N1CCN2C(=O)OC3(CN(C(=O)C4CC4)C3)C2C1. The molecule has 3 saturated heterocycles. The van der Waals surface area contributed by atoms with Crippen LogP contribution in [0.3, 0.4) is 0 Å². The van der Waals surface area contributed by atoms with Gasteiger partial charge in [-0.05, 0) is 25.0 Å². The molecule has 0 N–H and O–H groups in total. The van der Waals surface area contributed by atoms with Crippen molar-refractivity contribution in [3.63, 3.8) is 0 Å². The van der Waals surface area contributed by atoms with Crippen molar-refractivity contribution in [1.29, 1.82) is 0 Å². The fourth-order valence-corrected chi connectivity index (χ4v) is 4.76. The first-order chi connectivity index (χ1) is 14.0. The first-order valence-electron chi connectivity index (χ1n) is 10.1. The van der Waals surface area contributed by atoms with Gasteiger partial charge in [-0.25, -0.2) is 9.78 Å². The lowest BCUT2D eigenvalue weighted by atomic mass is 9.84. The first kappa shape index (κ1) is 16.8. The van der Waals surface area contributed by atoms with E-state index < -0.39 is 5.60 Å². The molecule has 2 aromatic heterocycles. The predicted octanol–water partition coefficient (Wildman–Crippen LogP) is 0.602. The van der Waals surface area contributed by atoms with Crippen LogP contribution in [0.1, 0.15) is 23.3 Å². The van der Waals surface area contributed by atoms with Crippen LogP contribution in [-0.4, -0.2) is 86.4 Å². The van der Waals surface area contributed by atoms with Crippen LogP contribution in [0.25, 0.3) is 5.65 Å². The number of imidazole rings is 1. The van der Waals surface area contributed by atoms with E-state index >= 15 is 0 Å². The monoisotopic (exact) mass is 395 g/mol. The molecule has 1 saturated carbocycles. The zero-order chi connectivity index (χ0) is 19.8. The highest BCUT2D eigenvalue weighted by molar-refractivity contribution is 5.93. The van der Waals surface area contributed by atoms with E-state index in [2.05, 4.69) is 4.98 Å². The van der Waals surface area contributed by atoms with Gasteiger partial charge in [0.15, 0.2) is 5.60 Å². The number of piperazine rings is 1. The summed E-state index contributed by atoms with van der Waals surface area (Å²) in [6, 6.07) is 5.39. The summed E-state index contributed by atoms with van der Waals surface area (Å²) in [5.74, 6) is 0.173. The second-order valence-corrected chi connectivity index (χ2v) is 8.45. The minimum Gasteiger partial charge on any atom is -0.437 e. The maximum atomic E-state index is 13.1. The van der Waals surface area contributed by atoms with E-state index in [1.807, 2.05) is 28.8 Å². The smallest absolute Gasteiger partial charge is 0.411 e. The van der Waals surface area contributed by atoms with E-state index in [1.165, 1.54) is 0 Å². The minimum atomic E-state index is -0.695. The molecule has 1 spiro atoms. The Labute approximate surface area is 166 Å². The molecule has 0 bridgehead atoms. The minimum absolute atomic E-state index is 0.145. The number of likely N-dealkylation sites (tertiary alicyclic amines) is 1. The summed E-state index contributed by atoms with van der Waals surface area (Å²) in [6.07, 6.45) is 5.16. The van der Waals surface area contributed by atoms with Crippen molar-refractivity contribution in [3.05, 3.63) is 36.3 Å². The normalized spacial score (nSPS) is 25.2. The molecule has 0 radical (unpaired) electrons. The third-order valence-electron chi connectivity index (χ3n) is 6.54. The highest BCUT2D eigenvalue weighted by atomic mass is 16.6. The van der Waals surface area contributed by atoms with Crippen molar-refractivity contribution in [3.8, 4) is 0 Å². The van der Waals surface area contributed by atoms with Crippen molar-refractivity contribution in [2.75, 3.05) is 32.7 Å². The maximum Gasteiger partial charge on any atom is 0.411 e. The third kappa shape index (κ3) is 2.46. The van der Waals surface area contributed by atoms with E-state index in [-0.39, 0.29) is 29.9 Å². The molecule has 5 heterocycles. The number of aromatic nitrogens is 2. The quantitative estimate of drug-likeness (QED) is 0.743. The number of pyridine rings is 1. The average molecular weight is 395 g/mol. The van der Waals surface area contributed by atoms with Crippen LogP contribution in [0.5, 0.6) is 0 Å². The lowest BCUT2D eigenvalue weighted by Crippen LogP contribution is -2.72. The van der Waals surface area contributed by atoms with E-state index in [9.17, 15) is 14.4 Å². The summed E-state index contributed by atoms with van der Waals surface area (Å²) in [5, 5.41) is 0. The van der Waals surface area contributed by atoms with Crippen LogP contribution < -0.4 is 0 Å². The summed E-state index contributed by atoms with van der Waals surface area (Å²) in [6.45, 7) is 2.11. The number of carbonyl (C=O) groups is 3. The van der Waals surface area contributed by atoms with Crippen LogP contribution in [-0.2, 0) is 9.53 Å². The van der Waals surface area contributed by atoms with Gasteiger partial charge in [-0.2, -0.15) is 0 Å². The van der Waals surface area contributed by atoms with Crippen molar-refractivity contribution < 1.29 is 19.1 Å². The van der Waals surface area contributed by atoms with Gasteiger partial charge >= 0.3 is 6.09 Å². The molecular weight excluding hydrogens is 374 g/mol. The molecule has 4 aliphatic rings. The third-order valence-corrected chi connectivity index (χ3v) is 6.54. The summed E-state index contributed by atoms with van der Waals surface area (Å²) in [5.41, 5.74) is 0.418.